The SMILES string of the molecule is Cc1cc(Cn2nc3ccnc(NC(=O)CC4CC4)c3c2C)cnc1OCC(F)(F)F. The molecule has 164 valence electrons. The predicted molar refractivity (Wildman–Crippen MR) is 108 cm³/mol. The van der Waals surface area contributed by atoms with Gasteiger partial charge in [0.15, 0.2) is 6.61 Å². The second kappa shape index (κ2) is 8.16. The van der Waals surface area contributed by atoms with Crippen LogP contribution in [0.5, 0.6) is 5.88 Å². The van der Waals surface area contributed by atoms with E-state index in [9.17, 15) is 18.0 Å². The van der Waals surface area contributed by atoms with Gasteiger partial charge in [-0.05, 0) is 50.3 Å². The lowest BCUT2D eigenvalue weighted by atomic mass is 10.2. The highest BCUT2D eigenvalue weighted by Gasteiger charge is 2.29. The molecular formula is C21H22F3N5O2. The number of ether oxygens (including phenoxy) is 1. The number of aromatic nitrogens is 4. The van der Waals surface area contributed by atoms with Gasteiger partial charge in [-0.1, -0.05) is 0 Å². The maximum absolute atomic E-state index is 12.4. The Morgan fingerprint density at radius 2 is 2.06 bits per heavy atom. The topological polar surface area (TPSA) is 81.9 Å². The number of fused-ring (bicyclic) bond motifs is 1. The summed E-state index contributed by atoms with van der Waals surface area (Å²) in [5.74, 6) is 0.858. The van der Waals surface area contributed by atoms with Crippen molar-refractivity contribution < 1.29 is 22.7 Å². The molecule has 10 heteroatoms. The summed E-state index contributed by atoms with van der Waals surface area (Å²) in [6.07, 6.45) is 1.34. The minimum Gasteiger partial charge on any atom is -0.468 e. The van der Waals surface area contributed by atoms with Crippen LogP contribution < -0.4 is 10.1 Å². The first-order valence-electron chi connectivity index (χ1n) is 9.96. The Balaban J connectivity index is 1.53. The fourth-order valence-electron chi connectivity index (χ4n) is 3.42. The number of carbonyl (C=O) groups is 1. The third kappa shape index (κ3) is 5.12. The van der Waals surface area contributed by atoms with E-state index < -0.39 is 12.8 Å². The van der Waals surface area contributed by atoms with Crippen LogP contribution in [0, 0.1) is 19.8 Å². The number of hydrogen-bond donors (Lipinski definition) is 1. The maximum Gasteiger partial charge on any atom is 0.422 e. The van der Waals surface area contributed by atoms with Crippen LogP contribution >= 0.6 is 0 Å². The Labute approximate surface area is 176 Å². The first-order chi connectivity index (χ1) is 14.7. The van der Waals surface area contributed by atoms with Crippen molar-refractivity contribution in [1.82, 2.24) is 19.7 Å². The van der Waals surface area contributed by atoms with Gasteiger partial charge in [0.2, 0.25) is 11.8 Å². The minimum atomic E-state index is -4.42. The molecule has 0 spiro atoms. The standard InChI is InChI=1S/C21H22F3N5O2/c1-12-7-15(9-26-20(12)31-11-21(22,23)24)10-29-13(2)18-16(28-29)5-6-25-19(18)27-17(30)8-14-3-4-14/h5-7,9,14H,3-4,8,10-11H2,1-2H3,(H,25,27,30). The number of halogens is 3. The van der Waals surface area contributed by atoms with Crippen LogP contribution in [-0.2, 0) is 11.3 Å². The fraction of sp³-hybridized carbons (Fsp3) is 0.429. The van der Waals surface area contributed by atoms with Crippen molar-refractivity contribution in [1.29, 1.82) is 0 Å². The normalized spacial score (nSPS) is 14.1. The van der Waals surface area contributed by atoms with Gasteiger partial charge < -0.3 is 10.1 Å². The smallest absolute Gasteiger partial charge is 0.422 e. The summed E-state index contributed by atoms with van der Waals surface area (Å²) in [6, 6.07) is 3.49. The third-order valence-corrected chi connectivity index (χ3v) is 5.13. The summed E-state index contributed by atoms with van der Waals surface area (Å²) in [6.45, 7) is 2.51. The molecule has 0 saturated heterocycles. The van der Waals surface area contributed by atoms with E-state index >= 15 is 0 Å². The highest BCUT2D eigenvalue weighted by atomic mass is 19.4. The lowest BCUT2D eigenvalue weighted by Gasteiger charge is -2.12. The number of carbonyl (C=O) groups excluding carboxylic acids is 1. The summed E-state index contributed by atoms with van der Waals surface area (Å²) in [7, 11) is 0. The van der Waals surface area contributed by atoms with Gasteiger partial charge in [0.1, 0.15) is 5.82 Å². The zero-order valence-electron chi connectivity index (χ0n) is 17.2. The molecule has 1 aliphatic rings. The lowest BCUT2D eigenvalue weighted by molar-refractivity contribution is -0.154. The van der Waals surface area contributed by atoms with Crippen LogP contribution in [0.1, 0.15) is 36.1 Å². The van der Waals surface area contributed by atoms with E-state index in [1.807, 2.05) is 6.92 Å². The Morgan fingerprint density at radius 1 is 1.29 bits per heavy atom. The Morgan fingerprint density at radius 3 is 2.74 bits per heavy atom. The number of nitrogens with zero attached hydrogens (tertiary/aromatic N) is 4. The molecule has 0 atom stereocenters. The molecular weight excluding hydrogens is 411 g/mol. The Hall–Kier alpha value is -3.17. The Kier molecular flexibility index (Phi) is 5.55. The molecule has 0 unspecified atom stereocenters. The van der Waals surface area contributed by atoms with Gasteiger partial charge in [-0.3, -0.25) is 9.48 Å². The average Bonchev–Trinajstić information content (AvgIpc) is 3.43. The van der Waals surface area contributed by atoms with Crippen molar-refractivity contribution in [2.24, 2.45) is 5.92 Å². The largest absolute Gasteiger partial charge is 0.468 e. The highest BCUT2D eigenvalue weighted by molar-refractivity contribution is 6.00. The summed E-state index contributed by atoms with van der Waals surface area (Å²) in [4.78, 5) is 20.6. The summed E-state index contributed by atoms with van der Waals surface area (Å²) in [5.41, 5.74) is 2.79. The molecule has 7 nitrogen and oxygen atoms in total. The minimum absolute atomic E-state index is 0.0479. The molecule has 1 aliphatic carbocycles. The van der Waals surface area contributed by atoms with E-state index in [0.29, 0.717) is 35.8 Å². The monoisotopic (exact) mass is 433 g/mol. The fourth-order valence-corrected chi connectivity index (χ4v) is 3.42. The molecule has 0 radical (unpaired) electrons. The molecule has 0 bridgehead atoms. The molecule has 3 heterocycles. The second-order valence-corrected chi connectivity index (χ2v) is 7.86. The first kappa shape index (κ1) is 21.1. The lowest BCUT2D eigenvalue weighted by Crippen LogP contribution is -2.20. The van der Waals surface area contributed by atoms with E-state index in [-0.39, 0.29) is 11.8 Å². The first-order valence-corrected chi connectivity index (χ1v) is 9.96. The predicted octanol–water partition coefficient (Wildman–Crippen LogP) is 4.17. The van der Waals surface area contributed by atoms with Crippen LogP contribution in [0.25, 0.3) is 10.9 Å². The van der Waals surface area contributed by atoms with Gasteiger partial charge >= 0.3 is 6.18 Å². The van der Waals surface area contributed by atoms with Gasteiger partial charge in [0.25, 0.3) is 0 Å². The molecule has 1 saturated carbocycles. The van der Waals surface area contributed by atoms with Gasteiger partial charge in [-0.15, -0.1) is 0 Å². The average molecular weight is 433 g/mol. The van der Waals surface area contributed by atoms with E-state index in [0.717, 1.165) is 29.5 Å². The quantitative estimate of drug-likeness (QED) is 0.605. The number of hydrogen-bond acceptors (Lipinski definition) is 5. The van der Waals surface area contributed by atoms with Crippen LogP contribution in [0.4, 0.5) is 19.0 Å². The molecule has 0 aromatic carbocycles. The van der Waals surface area contributed by atoms with E-state index in [1.165, 1.54) is 6.20 Å². The zero-order valence-corrected chi connectivity index (χ0v) is 17.2. The summed E-state index contributed by atoms with van der Waals surface area (Å²) < 4.78 is 43.6. The van der Waals surface area contributed by atoms with Crippen molar-refractivity contribution in [3.63, 3.8) is 0 Å². The molecule has 0 aliphatic heterocycles. The molecule has 31 heavy (non-hydrogen) atoms. The van der Waals surface area contributed by atoms with E-state index in [4.69, 9.17) is 4.74 Å². The zero-order chi connectivity index (χ0) is 22.2. The summed E-state index contributed by atoms with van der Waals surface area (Å²) >= 11 is 0. The number of rotatable bonds is 7. The van der Waals surface area contributed by atoms with Gasteiger partial charge in [-0.2, -0.15) is 18.3 Å². The van der Waals surface area contributed by atoms with Gasteiger partial charge in [-0.25, -0.2) is 9.97 Å². The third-order valence-electron chi connectivity index (χ3n) is 5.13. The van der Waals surface area contributed by atoms with Crippen LogP contribution in [-0.4, -0.2) is 38.4 Å². The maximum atomic E-state index is 12.4. The van der Waals surface area contributed by atoms with Crippen molar-refractivity contribution in [3.8, 4) is 5.88 Å². The Bertz CT molecular complexity index is 1120. The number of alkyl halides is 3. The molecule has 1 amide bonds. The number of nitrogens with one attached hydrogen (secondary N) is 1. The molecule has 4 rings (SSSR count). The number of amides is 1. The molecule has 1 fully saturated rings. The van der Waals surface area contributed by atoms with Crippen molar-refractivity contribution in [3.05, 3.63) is 41.3 Å². The van der Waals surface area contributed by atoms with E-state index in [2.05, 4.69) is 20.4 Å². The van der Waals surface area contributed by atoms with Crippen molar-refractivity contribution in [2.45, 2.75) is 45.8 Å². The number of anilines is 1. The van der Waals surface area contributed by atoms with Gasteiger partial charge in [0.05, 0.1) is 17.4 Å². The van der Waals surface area contributed by atoms with E-state index in [1.54, 1.807) is 29.9 Å². The molecule has 1 N–H and O–H groups in total. The van der Waals surface area contributed by atoms with Crippen LogP contribution in [0.3, 0.4) is 0 Å². The number of aryl methyl sites for hydroxylation is 2. The molecule has 3 aromatic heterocycles. The molecule has 3 aromatic rings. The second-order valence-electron chi connectivity index (χ2n) is 7.86. The van der Waals surface area contributed by atoms with Gasteiger partial charge in [0, 0.05) is 30.1 Å². The van der Waals surface area contributed by atoms with Crippen LogP contribution in [0.2, 0.25) is 0 Å². The highest BCUT2D eigenvalue weighted by Crippen LogP contribution is 2.33. The summed E-state index contributed by atoms with van der Waals surface area (Å²) in [5, 5.41) is 8.25. The van der Waals surface area contributed by atoms with Crippen molar-refractivity contribution in [2.75, 3.05) is 11.9 Å². The van der Waals surface area contributed by atoms with Crippen LogP contribution in [0.15, 0.2) is 24.5 Å². The van der Waals surface area contributed by atoms with Crippen molar-refractivity contribution >= 4 is 22.6 Å². The number of pyridine rings is 2.